The number of allylic oxidation sites excluding steroid dienone is 3. The summed E-state index contributed by atoms with van der Waals surface area (Å²) in [5, 5.41) is 30.2. The zero-order valence-corrected chi connectivity index (χ0v) is 11.8. The van der Waals surface area contributed by atoms with Gasteiger partial charge < -0.3 is 15.3 Å². The second kappa shape index (κ2) is 5.54. The monoisotopic (exact) mass is 288 g/mol. The van der Waals surface area contributed by atoms with E-state index in [9.17, 15) is 24.9 Å². The van der Waals surface area contributed by atoms with E-state index in [1.165, 1.54) is 0 Å². The fourth-order valence-electron chi connectivity index (χ4n) is 2.21. The molecule has 0 unspecified atom stereocenters. The summed E-state index contributed by atoms with van der Waals surface area (Å²) in [6.07, 6.45) is 3.00. The Labute approximate surface area is 121 Å². The van der Waals surface area contributed by atoms with Crippen LogP contribution in [0.4, 0.5) is 0 Å². The van der Waals surface area contributed by atoms with Crippen molar-refractivity contribution in [2.24, 2.45) is 0 Å². The molecule has 0 heterocycles. The third-order valence-electron chi connectivity index (χ3n) is 3.30. The normalized spacial score (nSPS) is 14.8. The van der Waals surface area contributed by atoms with Crippen LogP contribution in [0.25, 0.3) is 0 Å². The third-order valence-corrected chi connectivity index (χ3v) is 3.30. The number of aliphatic hydroxyl groups excluding tert-OH is 1. The van der Waals surface area contributed by atoms with E-state index >= 15 is 0 Å². The molecule has 0 fully saturated rings. The number of fused-ring (bicyclic) bond motifs is 1. The summed E-state index contributed by atoms with van der Waals surface area (Å²) < 4.78 is 0. The first-order chi connectivity index (χ1) is 9.82. The lowest BCUT2D eigenvalue weighted by Crippen LogP contribution is -2.14. The maximum atomic E-state index is 11.8. The minimum absolute atomic E-state index is 0.0280. The van der Waals surface area contributed by atoms with Crippen molar-refractivity contribution in [3.63, 3.8) is 0 Å². The molecule has 1 atom stereocenters. The first kappa shape index (κ1) is 15.0. The van der Waals surface area contributed by atoms with Crippen molar-refractivity contribution in [2.75, 3.05) is 0 Å². The van der Waals surface area contributed by atoms with Gasteiger partial charge in [-0.2, -0.15) is 0 Å². The van der Waals surface area contributed by atoms with E-state index in [4.69, 9.17) is 0 Å². The Morgan fingerprint density at radius 3 is 2.29 bits per heavy atom. The topological polar surface area (TPSA) is 94.8 Å². The number of hydrogen-bond acceptors (Lipinski definition) is 5. The molecule has 1 aromatic rings. The predicted molar refractivity (Wildman–Crippen MR) is 76.6 cm³/mol. The van der Waals surface area contributed by atoms with Crippen molar-refractivity contribution in [1.29, 1.82) is 0 Å². The highest BCUT2D eigenvalue weighted by Crippen LogP contribution is 2.39. The van der Waals surface area contributed by atoms with Gasteiger partial charge in [0.15, 0.2) is 11.6 Å². The molecule has 0 spiro atoms. The van der Waals surface area contributed by atoms with E-state index in [-0.39, 0.29) is 23.1 Å². The van der Waals surface area contributed by atoms with Crippen molar-refractivity contribution >= 4 is 11.6 Å². The lowest BCUT2D eigenvalue weighted by atomic mass is 9.89. The quantitative estimate of drug-likeness (QED) is 0.586. The molecular weight excluding hydrogens is 272 g/mol. The fourth-order valence-corrected chi connectivity index (χ4v) is 2.21. The van der Waals surface area contributed by atoms with E-state index in [0.29, 0.717) is 0 Å². The van der Waals surface area contributed by atoms with Gasteiger partial charge in [-0.1, -0.05) is 11.6 Å². The van der Waals surface area contributed by atoms with Crippen LogP contribution in [0, 0.1) is 0 Å². The van der Waals surface area contributed by atoms with Crippen LogP contribution in [-0.4, -0.2) is 26.9 Å². The molecule has 1 aliphatic rings. The van der Waals surface area contributed by atoms with Gasteiger partial charge in [0.05, 0.1) is 17.2 Å². The molecule has 0 aliphatic heterocycles. The van der Waals surface area contributed by atoms with Crippen molar-refractivity contribution in [1.82, 2.24) is 0 Å². The Kier molecular flexibility index (Phi) is 3.95. The van der Waals surface area contributed by atoms with Gasteiger partial charge in [0, 0.05) is 5.56 Å². The molecule has 110 valence electrons. The van der Waals surface area contributed by atoms with Crippen LogP contribution in [0.2, 0.25) is 0 Å². The Morgan fingerprint density at radius 2 is 1.71 bits per heavy atom. The van der Waals surface area contributed by atoms with E-state index in [1.807, 2.05) is 13.8 Å². The Bertz CT molecular complexity index is 678. The van der Waals surface area contributed by atoms with Crippen LogP contribution in [0.5, 0.6) is 11.5 Å². The van der Waals surface area contributed by atoms with Gasteiger partial charge in [-0.25, -0.2) is 0 Å². The second-order valence-electron chi connectivity index (χ2n) is 5.18. The lowest BCUT2D eigenvalue weighted by Gasteiger charge is -2.18. The summed E-state index contributed by atoms with van der Waals surface area (Å²) in [4.78, 5) is 23.6. The van der Waals surface area contributed by atoms with Gasteiger partial charge >= 0.3 is 0 Å². The minimum Gasteiger partial charge on any atom is -0.507 e. The first-order valence-corrected chi connectivity index (χ1v) is 6.50. The number of phenolic OH excluding ortho intramolecular Hbond substituents is 2. The SMILES string of the molecule is CC(C)=CC[C@@H](O)c1cc(O)c2c(c1O)C(=O)C=CC2=O. The number of aromatic hydroxyl groups is 2. The highest BCUT2D eigenvalue weighted by molar-refractivity contribution is 6.24. The molecular formula is C16H16O5. The van der Waals surface area contributed by atoms with E-state index in [1.54, 1.807) is 6.08 Å². The smallest absolute Gasteiger partial charge is 0.190 e. The standard InChI is InChI=1S/C16H16O5/c1-8(2)3-4-10(17)9-7-13(20)14-11(18)5-6-12(19)15(14)16(9)21/h3,5-7,10,17,20-21H,4H2,1-2H3/t10-/m1/s1. The Hall–Kier alpha value is -2.40. The number of carbonyl (C=O) groups is 2. The molecule has 0 saturated carbocycles. The van der Waals surface area contributed by atoms with Crippen LogP contribution < -0.4 is 0 Å². The molecule has 0 saturated heterocycles. The molecule has 21 heavy (non-hydrogen) atoms. The van der Waals surface area contributed by atoms with Crippen LogP contribution in [0.15, 0.2) is 29.9 Å². The molecule has 2 rings (SSSR count). The molecule has 3 N–H and O–H groups in total. The van der Waals surface area contributed by atoms with E-state index < -0.39 is 29.2 Å². The number of phenols is 2. The molecule has 1 aliphatic carbocycles. The molecule has 0 aromatic heterocycles. The van der Waals surface area contributed by atoms with Crippen molar-refractivity contribution in [3.8, 4) is 11.5 Å². The number of benzene rings is 1. The van der Waals surface area contributed by atoms with E-state index in [0.717, 1.165) is 23.8 Å². The number of ketones is 2. The van der Waals surface area contributed by atoms with Gasteiger partial charge in [0.1, 0.15) is 11.5 Å². The minimum atomic E-state index is -1.08. The maximum absolute atomic E-state index is 11.8. The largest absolute Gasteiger partial charge is 0.507 e. The summed E-state index contributed by atoms with van der Waals surface area (Å²) in [5.41, 5.74) is 0.539. The van der Waals surface area contributed by atoms with Gasteiger partial charge in [0.25, 0.3) is 0 Å². The van der Waals surface area contributed by atoms with Crippen LogP contribution in [0.3, 0.4) is 0 Å². The summed E-state index contributed by atoms with van der Waals surface area (Å²) in [6.45, 7) is 3.73. The maximum Gasteiger partial charge on any atom is 0.190 e. The zero-order chi connectivity index (χ0) is 15.7. The second-order valence-corrected chi connectivity index (χ2v) is 5.18. The number of carbonyl (C=O) groups excluding carboxylic acids is 2. The average molecular weight is 288 g/mol. The highest BCUT2D eigenvalue weighted by atomic mass is 16.3. The summed E-state index contributed by atoms with van der Waals surface area (Å²) >= 11 is 0. The fraction of sp³-hybridized carbons (Fsp3) is 0.250. The molecule has 5 heteroatoms. The number of hydrogen-bond donors (Lipinski definition) is 3. The van der Waals surface area contributed by atoms with Gasteiger partial charge in [-0.05, 0) is 38.5 Å². The number of aliphatic hydroxyl groups is 1. The highest BCUT2D eigenvalue weighted by Gasteiger charge is 2.29. The van der Waals surface area contributed by atoms with Crippen molar-refractivity contribution in [2.45, 2.75) is 26.4 Å². The molecule has 1 aromatic carbocycles. The molecule has 5 nitrogen and oxygen atoms in total. The lowest BCUT2D eigenvalue weighted by molar-refractivity contribution is 0.0988. The summed E-state index contributed by atoms with van der Waals surface area (Å²) in [6, 6.07) is 1.13. The van der Waals surface area contributed by atoms with Crippen molar-refractivity contribution < 1.29 is 24.9 Å². The Morgan fingerprint density at radius 1 is 1.14 bits per heavy atom. The number of rotatable bonds is 3. The Balaban J connectivity index is 2.55. The third kappa shape index (κ3) is 2.73. The summed E-state index contributed by atoms with van der Waals surface area (Å²) in [7, 11) is 0. The molecule has 0 bridgehead atoms. The average Bonchev–Trinajstić information content (AvgIpc) is 2.42. The molecule has 0 radical (unpaired) electrons. The van der Waals surface area contributed by atoms with Gasteiger partial charge in [-0.3, -0.25) is 9.59 Å². The zero-order valence-electron chi connectivity index (χ0n) is 11.8. The first-order valence-electron chi connectivity index (χ1n) is 6.50. The van der Waals surface area contributed by atoms with Gasteiger partial charge in [-0.15, -0.1) is 0 Å². The predicted octanol–water partition coefficient (Wildman–Crippen LogP) is 2.42. The summed E-state index contributed by atoms with van der Waals surface area (Å²) in [5.74, 6) is -2.01. The van der Waals surface area contributed by atoms with Crippen LogP contribution in [-0.2, 0) is 0 Å². The molecule has 0 amide bonds. The van der Waals surface area contributed by atoms with Gasteiger partial charge in [0.2, 0.25) is 0 Å². The van der Waals surface area contributed by atoms with Crippen LogP contribution >= 0.6 is 0 Å². The van der Waals surface area contributed by atoms with Crippen LogP contribution in [0.1, 0.15) is 52.7 Å². The van der Waals surface area contributed by atoms with Crippen molar-refractivity contribution in [3.05, 3.63) is 46.6 Å². The van der Waals surface area contributed by atoms with E-state index in [2.05, 4.69) is 0 Å².